The van der Waals surface area contributed by atoms with Crippen LogP contribution in [-0.4, -0.2) is 38.0 Å². The number of hydrogen-bond donors (Lipinski definition) is 1. The topological polar surface area (TPSA) is 101 Å². The highest BCUT2D eigenvalue weighted by Gasteiger charge is 2.30. The normalized spacial score (nSPS) is 12.5. The van der Waals surface area contributed by atoms with E-state index in [1.54, 1.807) is 23.4 Å². The summed E-state index contributed by atoms with van der Waals surface area (Å²) in [6.07, 6.45) is 1.49. The number of rotatable bonds is 6. The predicted molar refractivity (Wildman–Crippen MR) is 74.5 cm³/mol. The van der Waals surface area contributed by atoms with Gasteiger partial charge in [0.05, 0.1) is 6.42 Å². The molecular formula is C11H14N4O4S. The smallest absolute Gasteiger partial charge is 0.373 e. The summed E-state index contributed by atoms with van der Waals surface area (Å²) in [5.74, 6) is -0.849. The third kappa shape index (κ3) is 2.44. The van der Waals surface area contributed by atoms with Crippen molar-refractivity contribution in [2.45, 2.75) is 26.3 Å². The highest BCUT2D eigenvalue weighted by atomic mass is 32.1. The van der Waals surface area contributed by atoms with Crippen LogP contribution in [0, 0.1) is 10.1 Å². The molecular weight excluding hydrogens is 284 g/mol. The third-order valence-corrected chi connectivity index (χ3v) is 3.76. The first-order valence-electron chi connectivity index (χ1n) is 6.04. The Bertz CT molecular complexity index is 650. The fourth-order valence-electron chi connectivity index (χ4n) is 2.16. The van der Waals surface area contributed by atoms with Crippen LogP contribution in [0.2, 0.25) is 0 Å². The molecule has 0 bridgehead atoms. The van der Waals surface area contributed by atoms with Crippen LogP contribution in [0.5, 0.6) is 0 Å². The van der Waals surface area contributed by atoms with E-state index in [1.165, 1.54) is 15.7 Å². The molecule has 0 aliphatic carbocycles. The zero-order valence-corrected chi connectivity index (χ0v) is 11.8. The number of carboxylic acids is 1. The molecule has 1 N–H and O–H groups in total. The standard InChI is InChI=1S/C11H14N4O4S/c1-3-13(7(2)6-8(16)17)9-10(15(18)19)14-4-5-20-11(14)12-9/h4-5,7H,3,6H2,1-2H3,(H,16,17). The Morgan fingerprint density at radius 2 is 2.40 bits per heavy atom. The number of nitrogens with zero attached hydrogens (tertiary/aromatic N) is 4. The number of carboxylic acid groups (broad SMARTS) is 1. The average molecular weight is 298 g/mol. The maximum absolute atomic E-state index is 11.3. The number of fused-ring (bicyclic) bond motifs is 1. The van der Waals surface area contributed by atoms with E-state index in [0.29, 0.717) is 11.5 Å². The lowest BCUT2D eigenvalue weighted by atomic mass is 10.2. The molecule has 0 aliphatic rings. The summed E-state index contributed by atoms with van der Waals surface area (Å²) in [6.45, 7) is 3.98. The van der Waals surface area contributed by atoms with Crippen molar-refractivity contribution in [2.24, 2.45) is 0 Å². The van der Waals surface area contributed by atoms with Crippen molar-refractivity contribution >= 4 is 33.9 Å². The van der Waals surface area contributed by atoms with Gasteiger partial charge in [0, 0.05) is 18.0 Å². The van der Waals surface area contributed by atoms with Gasteiger partial charge in [-0.2, -0.15) is 9.38 Å². The molecule has 2 aromatic heterocycles. The van der Waals surface area contributed by atoms with Gasteiger partial charge in [-0.05, 0) is 18.8 Å². The largest absolute Gasteiger partial charge is 0.481 e. The molecule has 108 valence electrons. The Balaban J connectivity index is 2.48. The van der Waals surface area contributed by atoms with Gasteiger partial charge in [-0.15, -0.1) is 0 Å². The van der Waals surface area contributed by atoms with Crippen LogP contribution >= 0.6 is 11.3 Å². The van der Waals surface area contributed by atoms with Crippen LogP contribution in [0.3, 0.4) is 0 Å². The summed E-state index contributed by atoms with van der Waals surface area (Å²) >= 11 is 1.30. The molecule has 1 atom stereocenters. The van der Waals surface area contributed by atoms with Crippen LogP contribution < -0.4 is 4.90 Å². The van der Waals surface area contributed by atoms with Gasteiger partial charge in [-0.1, -0.05) is 11.3 Å². The van der Waals surface area contributed by atoms with E-state index in [0.717, 1.165) is 0 Å². The van der Waals surface area contributed by atoms with Gasteiger partial charge < -0.3 is 20.1 Å². The Kier molecular flexibility index (Phi) is 3.89. The molecule has 0 amide bonds. The van der Waals surface area contributed by atoms with Gasteiger partial charge >= 0.3 is 11.8 Å². The van der Waals surface area contributed by atoms with Gasteiger partial charge in [-0.25, -0.2) is 0 Å². The predicted octanol–water partition coefficient (Wildman–Crippen LogP) is 1.99. The molecule has 0 aromatic carbocycles. The Hall–Kier alpha value is -2.16. The molecule has 0 fully saturated rings. The van der Waals surface area contributed by atoms with Crippen LogP contribution in [0.1, 0.15) is 20.3 Å². The molecule has 2 aromatic rings. The monoisotopic (exact) mass is 298 g/mol. The van der Waals surface area contributed by atoms with E-state index in [-0.39, 0.29) is 24.1 Å². The first-order chi connectivity index (χ1) is 9.45. The molecule has 0 spiro atoms. The molecule has 1 unspecified atom stereocenters. The van der Waals surface area contributed by atoms with E-state index in [9.17, 15) is 14.9 Å². The lowest BCUT2D eigenvalue weighted by Gasteiger charge is -2.26. The van der Waals surface area contributed by atoms with Gasteiger partial charge in [0.2, 0.25) is 5.82 Å². The number of nitro groups is 1. The van der Waals surface area contributed by atoms with Gasteiger partial charge in [0.25, 0.3) is 4.96 Å². The lowest BCUT2D eigenvalue weighted by molar-refractivity contribution is -0.389. The maximum atomic E-state index is 11.3. The molecule has 2 rings (SSSR count). The summed E-state index contributed by atoms with van der Waals surface area (Å²) in [6, 6.07) is -0.374. The zero-order valence-electron chi connectivity index (χ0n) is 11.0. The molecule has 0 radical (unpaired) electrons. The van der Waals surface area contributed by atoms with E-state index in [1.807, 2.05) is 6.92 Å². The average Bonchev–Trinajstić information content (AvgIpc) is 2.87. The van der Waals surface area contributed by atoms with Crippen molar-refractivity contribution in [3.63, 3.8) is 0 Å². The molecule has 20 heavy (non-hydrogen) atoms. The number of thiazole rings is 1. The molecule has 0 aliphatic heterocycles. The van der Waals surface area contributed by atoms with Crippen LogP contribution in [-0.2, 0) is 4.79 Å². The maximum Gasteiger partial charge on any atom is 0.373 e. The summed E-state index contributed by atoms with van der Waals surface area (Å²) in [5, 5.41) is 21.9. The highest BCUT2D eigenvalue weighted by Crippen LogP contribution is 2.32. The summed E-state index contributed by atoms with van der Waals surface area (Å²) in [5.41, 5.74) is 0. The van der Waals surface area contributed by atoms with Crippen molar-refractivity contribution in [3.05, 3.63) is 21.7 Å². The Morgan fingerprint density at radius 3 is 2.95 bits per heavy atom. The molecule has 0 saturated heterocycles. The van der Waals surface area contributed by atoms with Crippen LogP contribution in [0.25, 0.3) is 4.96 Å². The minimum Gasteiger partial charge on any atom is -0.481 e. The zero-order chi connectivity index (χ0) is 14.9. The van der Waals surface area contributed by atoms with Gasteiger partial charge in [0.15, 0.2) is 0 Å². The second-order valence-corrected chi connectivity index (χ2v) is 5.18. The van der Waals surface area contributed by atoms with E-state index < -0.39 is 10.9 Å². The quantitative estimate of drug-likeness (QED) is 0.646. The Labute approximate surface area is 118 Å². The fourth-order valence-corrected chi connectivity index (χ4v) is 2.86. The molecule has 2 heterocycles. The van der Waals surface area contributed by atoms with Crippen LogP contribution in [0.15, 0.2) is 11.6 Å². The van der Waals surface area contributed by atoms with Gasteiger partial charge in [0.1, 0.15) is 6.20 Å². The van der Waals surface area contributed by atoms with Crippen molar-refractivity contribution in [3.8, 4) is 0 Å². The van der Waals surface area contributed by atoms with E-state index in [2.05, 4.69) is 4.98 Å². The van der Waals surface area contributed by atoms with Crippen molar-refractivity contribution in [2.75, 3.05) is 11.4 Å². The lowest BCUT2D eigenvalue weighted by Crippen LogP contribution is -2.35. The molecule has 9 heteroatoms. The summed E-state index contributed by atoms with van der Waals surface area (Å²) < 4.78 is 1.41. The first kappa shape index (κ1) is 14.3. The highest BCUT2D eigenvalue weighted by molar-refractivity contribution is 7.15. The SMILES string of the molecule is CCN(c1nc2sccn2c1[N+](=O)[O-])C(C)CC(=O)O. The number of aliphatic carboxylic acids is 1. The fraction of sp³-hybridized carbons (Fsp3) is 0.455. The molecule has 0 saturated carbocycles. The Morgan fingerprint density at radius 1 is 1.70 bits per heavy atom. The number of aromatic nitrogens is 2. The van der Waals surface area contributed by atoms with Crippen molar-refractivity contribution in [1.82, 2.24) is 9.38 Å². The molecule has 8 nitrogen and oxygen atoms in total. The minimum absolute atomic E-state index is 0.101. The summed E-state index contributed by atoms with van der Waals surface area (Å²) in [4.78, 5) is 28.0. The summed E-state index contributed by atoms with van der Waals surface area (Å²) in [7, 11) is 0. The third-order valence-electron chi connectivity index (χ3n) is 3.01. The van der Waals surface area contributed by atoms with E-state index in [4.69, 9.17) is 5.11 Å². The van der Waals surface area contributed by atoms with E-state index >= 15 is 0 Å². The number of imidazole rings is 1. The van der Waals surface area contributed by atoms with Crippen LogP contribution in [0.4, 0.5) is 11.6 Å². The van der Waals surface area contributed by atoms with Crippen molar-refractivity contribution < 1.29 is 14.8 Å². The number of carbonyl (C=O) groups is 1. The minimum atomic E-state index is -0.945. The second-order valence-electron chi connectivity index (χ2n) is 4.30. The number of hydrogen-bond acceptors (Lipinski definition) is 6. The first-order valence-corrected chi connectivity index (χ1v) is 6.92. The number of anilines is 1. The van der Waals surface area contributed by atoms with Crippen molar-refractivity contribution in [1.29, 1.82) is 0 Å². The second kappa shape index (κ2) is 5.45. The van der Waals surface area contributed by atoms with Gasteiger partial charge in [-0.3, -0.25) is 4.79 Å².